The summed E-state index contributed by atoms with van der Waals surface area (Å²) in [5, 5.41) is 19.1. The fraction of sp³-hybridized carbons (Fsp3) is 0. The standard InChI is InChI=1S/C13H10N2O4/c16-13(17)10-3-5-12(6-4-10)14-8-1-2-11(14)7-9-15(18)19/h1-9H,(H,16,17). The Kier molecular flexibility index (Phi) is 3.42. The molecule has 0 aliphatic carbocycles. The van der Waals surface area contributed by atoms with Crippen LogP contribution in [0.25, 0.3) is 11.8 Å². The molecule has 0 amide bonds. The lowest BCUT2D eigenvalue weighted by atomic mass is 10.2. The minimum absolute atomic E-state index is 0.193. The van der Waals surface area contributed by atoms with Crippen LogP contribution < -0.4 is 0 Å². The molecule has 0 aliphatic heterocycles. The molecule has 0 bridgehead atoms. The van der Waals surface area contributed by atoms with Gasteiger partial charge in [0, 0.05) is 18.0 Å². The van der Waals surface area contributed by atoms with Crippen LogP contribution in [0.15, 0.2) is 48.8 Å². The van der Waals surface area contributed by atoms with E-state index in [0.717, 1.165) is 11.9 Å². The van der Waals surface area contributed by atoms with Gasteiger partial charge in [-0.05, 0) is 36.4 Å². The Bertz CT molecular complexity index is 641. The highest BCUT2D eigenvalue weighted by Gasteiger charge is 2.05. The molecule has 2 rings (SSSR count). The van der Waals surface area contributed by atoms with Crippen molar-refractivity contribution >= 4 is 12.0 Å². The molecule has 1 heterocycles. The summed E-state index contributed by atoms with van der Waals surface area (Å²) in [7, 11) is 0. The molecule has 0 fully saturated rings. The lowest BCUT2D eigenvalue weighted by molar-refractivity contribution is -0.401. The highest BCUT2D eigenvalue weighted by molar-refractivity contribution is 5.87. The number of nitro groups is 1. The molecule has 0 saturated carbocycles. The van der Waals surface area contributed by atoms with E-state index in [1.165, 1.54) is 18.2 Å². The van der Waals surface area contributed by atoms with Gasteiger partial charge in [-0.15, -0.1) is 0 Å². The number of hydrogen-bond acceptors (Lipinski definition) is 3. The average molecular weight is 258 g/mol. The summed E-state index contributed by atoms with van der Waals surface area (Å²) in [6, 6.07) is 9.74. The van der Waals surface area contributed by atoms with E-state index in [9.17, 15) is 14.9 Å². The van der Waals surface area contributed by atoms with Gasteiger partial charge in [0.15, 0.2) is 0 Å². The SMILES string of the molecule is O=C(O)c1ccc(-n2cccc2C=C[N+](=O)[O-])cc1. The van der Waals surface area contributed by atoms with Gasteiger partial charge in [-0.25, -0.2) is 4.79 Å². The molecule has 96 valence electrons. The third kappa shape index (κ3) is 2.86. The number of aromatic carboxylic acids is 1. The maximum absolute atomic E-state index is 10.8. The van der Waals surface area contributed by atoms with E-state index in [4.69, 9.17) is 5.11 Å². The third-order valence-electron chi connectivity index (χ3n) is 2.54. The summed E-state index contributed by atoms with van der Waals surface area (Å²) in [4.78, 5) is 20.5. The van der Waals surface area contributed by atoms with Crippen LogP contribution in [0.3, 0.4) is 0 Å². The van der Waals surface area contributed by atoms with Crippen LogP contribution in [0, 0.1) is 10.1 Å². The maximum atomic E-state index is 10.8. The van der Waals surface area contributed by atoms with Crippen molar-refractivity contribution in [3.8, 4) is 5.69 Å². The summed E-state index contributed by atoms with van der Waals surface area (Å²) >= 11 is 0. The molecule has 2 aromatic rings. The van der Waals surface area contributed by atoms with Gasteiger partial charge in [-0.2, -0.15) is 0 Å². The van der Waals surface area contributed by atoms with Crippen molar-refractivity contribution in [2.45, 2.75) is 0 Å². The van der Waals surface area contributed by atoms with E-state index in [1.54, 1.807) is 35.0 Å². The van der Waals surface area contributed by atoms with Crippen LogP contribution in [0.2, 0.25) is 0 Å². The number of carboxylic acid groups (broad SMARTS) is 1. The first-order valence-corrected chi connectivity index (χ1v) is 5.41. The molecule has 6 heteroatoms. The highest BCUT2D eigenvalue weighted by atomic mass is 16.6. The van der Waals surface area contributed by atoms with E-state index in [-0.39, 0.29) is 5.56 Å². The Morgan fingerprint density at radius 2 is 1.95 bits per heavy atom. The lowest BCUT2D eigenvalue weighted by Crippen LogP contribution is -1.99. The van der Waals surface area contributed by atoms with Crippen LogP contribution in [-0.2, 0) is 0 Å². The number of hydrogen-bond donors (Lipinski definition) is 1. The van der Waals surface area contributed by atoms with Crippen molar-refractivity contribution in [2.75, 3.05) is 0 Å². The van der Waals surface area contributed by atoms with E-state index >= 15 is 0 Å². The first kappa shape index (κ1) is 12.6. The number of aromatic nitrogens is 1. The number of carboxylic acids is 1. The predicted molar refractivity (Wildman–Crippen MR) is 68.8 cm³/mol. The zero-order valence-corrected chi connectivity index (χ0v) is 9.76. The van der Waals surface area contributed by atoms with Crippen LogP contribution in [0.5, 0.6) is 0 Å². The van der Waals surface area contributed by atoms with E-state index < -0.39 is 10.9 Å². The average Bonchev–Trinajstić information content (AvgIpc) is 2.84. The maximum Gasteiger partial charge on any atom is 0.335 e. The summed E-state index contributed by atoms with van der Waals surface area (Å²) in [5.74, 6) is -0.993. The van der Waals surface area contributed by atoms with Crippen LogP contribution in [-0.4, -0.2) is 20.6 Å². The summed E-state index contributed by atoms with van der Waals surface area (Å²) in [6.45, 7) is 0. The van der Waals surface area contributed by atoms with Gasteiger partial charge in [0.05, 0.1) is 16.2 Å². The van der Waals surface area contributed by atoms with Crippen molar-refractivity contribution in [3.05, 3.63) is 70.2 Å². The van der Waals surface area contributed by atoms with Crippen molar-refractivity contribution in [1.82, 2.24) is 4.57 Å². The van der Waals surface area contributed by atoms with Gasteiger partial charge < -0.3 is 9.67 Å². The first-order valence-electron chi connectivity index (χ1n) is 5.41. The molecule has 6 nitrogen and oxygen atoms in total. The van der Waals surface area contributed by atoms with Crippen LogP contribution >= 0.6 is 0 Å². The molecule has 0 atom stereocenters. The van der Waals surface area contributed by atoms with Crippen LogP contribution in [0.4, 0.5) is 0 Å². The predicted octanol–water partition coefficient (Wildman–Crippen LogP) is 2.42. The number of benzene rings is 1. The third-order valence-corrected chi connectivity index (χ3v) is 2.54. The Morgan fingerprint density at radius 1 is 1.26 bits per heavy atom. The van der Waals surface area contributed by atoms with Gasteiger partial charge in [-0.1, -0.05) is 0 Å². The molecular weight excluding hydrogens is 248 g/mol. The second-order valence-electron chi connectivity index (χ2n) is 3.76. The Labute approximate surface area is 108 Å². The number of carbonyl (C=O) groups is 1. The van der Waals surface area contributed by atoms with Gasteiger partial charge in [0.25, 0.3) is 0 Å². The van der Waals surface area contributed by atoms with Crippen LogP contribution in [0.1, 0.15) is 16.1 Å². The molecule has 0 saturated heterocycles. The molecule has 0 unspecified atom stereocenters. The molecule has 1 aromatic carbocycles. The molecule has 1 aromatic heterocycles. The highest BCUT2D eigenvalue weighted by Crippen LogP contribution is 2.15. The molecule has 1 N–H and O–H groups in total. The van der Waals surface area contributed by atoms with E-state index in [0.29, 0.717) is 5.69 Å². The fourth-order valence-corrected chi connectivity index (χ4v) is 1.67. The van der Waals surface area contributed by atoms with Gasteiger partial charge in [-0.3, -0.25) is 10.1 Å². The molecule has 0 aliphatic rings. The molecular formula is C13H10N2O4. The second-order valence-corrected chi connectivity index (χ2v) is 3.76. The Balaban J connectivity index is 2.34. The normalized spacial score (nSPS) is 10.7. The minimum atomic E-state index is -0.993. The topological polar surface area (TPSA) is 85.4 Å². The van der Waals surface area contributed by atoms with Crippen molar-refractivity contribution in [2.24, 2.45) is 0 Å². The van der Waals surface area contributed by atoms with Crippen molar-refractivity contribution < 1.29 is 14.8 Å². The molecule has 0 spiro atoms. The van der Waals surface area contributed by atoms with Gasteiger partial charge in [0.1, 0.15) is 0 Å². The lowest BCUT2D eigenvalue weighted by Gasteiger charge is -2.06. The zero-order valence-electron chi connectivity index (χ0n) is 9.76. The number of rotatable bonds is 4. The monoisotopic (exact) mass is 258 g/mol. The summed E-state index contributed by atoms with van der Waals surface area (Å²) < 4.78 is 1.73. The zero-order chi connectivity index (χ0) is 13.8. The van der Waals surface area contributed by atoms with Gasteiger partial charge in [0.2, 0.25) is 6.20 Å². The van der Waals surface area contributed by atoms with Gasteiger partial charge >= 0.3 is 5.97 Å². The van der Waals surface area contributed by atoms with Crippen molar-refractivity contribution in [1.29, 1.82) is 0 Å². The largest absolute Gasteiger partial charge is 0.478 e. The first-order chi connectivity index (χ1) is 9.08. The Hall–Kier alpha value is -2.89. The van der Waals surface area contributed by atoms with E-state index in [1.807, 2.05) is 0 Å². The van der Waals surface area contributed by atoms with E-state index in [2.05, 4.69) is 0 Å². The van der Waals surface area contributed by atoms with Crippen molar-refractivity contribution in [3.63, 3.8) is 0 Å². The second kappa shape index (κ2) is 5.18. The number of nitrogens with zero attached hydrogens (tertiary/aromatic N) is 2. The minimum Gasteiger partial charge on any atom is -0.478 e. The fourth-order valence-electron chi connectivity index (χ4n) is 1.67. The Morgan fingerprint density at radius 3 is 2.53 bits per heavy atom. The summed E-state index contributed by atoms with van der Waals surface area (Å²) in [6.07, 6.45) is 3.98. The molecule has 19 heavy (non-hydrogen) atoms. The smallest absolute Gasteiger partial charge is 0.335 e. The molecule has 0 radical (unpaired) electrons. The quantitative estimate of drug-likeness (QED) is 0.674. The summed E-state index contributed by atoms with van der Waals surface area (Å²) in [5.41, 5.74) is 1.57.